The van der Waals surface area contributed by atoms with Crippen LogP contribution < -0.4 is 0 Å². The molecule has 1 aromatic rings. The molecule has 11 heavy (non-hydrogen) atoms. The van der Waals surface area contributed by atoms with Crippen molar-refractivity contribution in [3.05, 3.63) is 35.9 Å². The van der Waals surface area contributed by atoms with Crippen molar-refractivity contribution in [1.82, 2.24) is 0 Å². The molecule has 1 fully saturated rings. The first-order valence-corrected chi connectivity index (χ1v) is 3.74. The van der Waals surface area contributed by atoms with Crippen LogP contribution in [0.3, 0.4) is 0 Å². The third-order valence-electron chi connectivity index (χ3n) is 1.84. The average Bonchev–Trinajstić information content (AvgIpc) is 2.69. The largest absolute Gasteiger partial charge is 0.366 e. The van der Waals surface area contributed by atoms with E-state index in [1.807, 2.05) is 30.3 Å². The van der Waals surface area contributed by atoms with Crippen LogP contribution >= 0.6 is 0 Å². The van der Waals surface area contributed by atoms with Gasteiger partial charge >= 0.3 is 0 Å². The number of aliphatic hydroxyl groups is 1. The molecule has 2 nitrogen and oxygen atoms in total. The number of hydrogen-bond donors (Lipinski definition) is 1. The maximum atomic E-state index is 8.87. The third-order valence-corrected chi connectivity index (χ3v) is 1.84. The first kappa shape index (κ1) is 6.83. The van der Waals surface area contributed by atoms with Crippen LogP contribution in [0.5, 0.6) is 0 Å². The number of rotatable bonds is 2. The quantitative estimate of drug-likeness (QED) is 0.636. The van der Waals surface area contributed by atoms with Crippen molar-refractivity contribution in [1.29, 1.82) is 0 Å². The molecule has 0 amide bonds. The maximum absolute atomic E-state index is 8.87. The molecule has 58 valence electrons. The number of epoxide rings is 1. The predicted molar refractivity (Wildman–Crippen MR) is 41.0 cm³/mol. The van der Waals surface area contributed by atoms with Crippen LogP contribution in [0.25, 0.3) is 0 Å². The molecule has 1 aromatic carbocycles. The summed E-state index contributed by atoms with van der Waals surface area (Å²) in [6.45, 7) is 0. The molecule has 0 aliphatic carbocycles. The van der Waals surface area contributed by atoms with Gasteiger partial charge in [-0.05, 0) is 5.56 Å². The molecule has 0 bridgehead atoms. The second-order valence-electron chi connectivity index (χ2n) is 2.75. The van der Waals surface area contributed by atoms with E-state index in [4.69, 9.17) is 9.84 Å². The third kappa shape index (κ3) is 1.59. The van der Waals surface area contributed by atoms with Crippen molar-refractivity contribution in [3.8, 4) is 0 Å². The fourth-order valence-electron chi connectivity index (χ4n) is 1.13. The Kier molecular flexibility index (Phi) is 1.64. The van der Waals surface area contributed by atoms with E-state index in [0.717, 1.165) is 6.42 Å². The fourth-order valence-corrected chi connectivity index (χ4v) is 1.13. The zero-order valence-corrected chi connectivity index (χ0v) is 6.10. The molecule has 0 radical (unpaired) electrons. The van der Waals surface area contributed by atoms with Crippen molar-refractivity contribution in [3.63, 3.8) is 0 Å². The summed E-state index contributed by atoms with van der Waals surface area (Å²) in [7, 11) is 0. The van der Waals surface area contributed by atoms with E-state index >= 15 is 0 Å². The highest BCUT2D eigenvalue weighted by Crippen LogP contribution is 2.22. The normalized spacial score (nSPS) is 28.5. The lowest BCUT2D eigenvalue weighted by Gasteiger charge is -1.94. The summed E-state index contributed by atoms with van der Waals surface area (Å²) in [5, 5.41) is 8.87. The van der Waals surface area contributed by atoms with Crippen LogP contribution in [0, 0.1) is 0 Å². The van der Waals surface area contributed by atoms with Gasteiger partial charge < -0.3 is 9.84 Å². The van der Waals surface area contributed by atoms with Gasteiger partial charge in [-0.25, -0.2) is 0 Å². The Hall–Kier alpha value is -0.860. The molecule has 1 heterocycles. The molecule has 0 aromatic heterocycles. The van der Waals surface area contributed by atoms with Crippen LogP contribution in [-0.4, -0.2) is 17.5 Å². The monoisotopic (exact) mass is 150 g/mol. The highest BCUT2D eigenvalue weighted by Gasteiger charge is 2.36. The van der Waals surface area contributed by atoms with E-state index < -0.39 is 6.29 Å². The predicted octanol–water partition coefficient (Wildman–Crippen LogP) is 0.946. The molecule has 2 heteroatoms. The van der Waals surface area contributed by atoms with Crippen LogP contribution in [0.2, 0.25) is 0 Å². The lowest BCUT2D eigenvalue weighted by atomic mass is 10.1. The lowest BCUT2D eigenvalue weighted by Crippen LogP contribution is -1.96. The Morgan fingerprint density at radius 3 is 2.45 bits per heavy atom. The first-order chi connectivity index (χ1) is 5.36. The van der Waals surface area contributed by atoms with Gasteiger partial charge in [-0.3, -0.25) is 0 Å². The zero-order chi connectivity index (χ0) is 7.68. The zero-order valence-electron chi connectivity index (χ0n) is 6.10. The van der Waals surface area contributed by atoms with Gasteiger partial charge in [0.2, 0.25) is 0 Å². The summed E-state index contributed by atoms with van der Waals surface area (Å²) in [6.07, 6.45) is 0.342. The molecular formula is C9H10O2. The standard InChI is InChI=1S/C9H10O2/c10-9-8(11-9)6-7-4-2-1-3-5-7/h1-5,8-10H,6H2. The summed E-state index contributed by atoms with van der Waals surface area (Å²) < 4.78 is 4.88. The van der Waals surface area contributed by atoms with Gasteiger partial charge in [0.15, 0.2) is 6.29 Å². The Morgan fingerprint density at radius 1 is 1.27 bits per heavy atom. The molecule has 1 saturated heterocycles. The highest BCUT2D eigenvalue weighted by molar-refractivity contribution is 5.16. The van der Waals surface area contributed by atoms with Crippen molar-refractivity contribution in [2.24, 2.45) is 0 Å². The van der Waals surface area contributed by atoms with E-state index in [9.17, 15) is 0 Å². The second-order valence-corrected chi connectivity index (χ2v) is 2.75. The molecule has 0 saturated carbocycles. The number of benzene rings is 1. The summed E-state index contributed by atoms with van der Waals surface area (Å²) in [5.74, 6) is 0. The average molecular weight is 150 g/mol. The highest BCUT2D eigenvalue weighted by atomic mass is 16.7. The van der Waals surface area contributed by atoms with E-state index in [1.54, 1.807) is 0 Å². The molecule has 1 N–H and O–H groups in total. The van der Waals surface area contributed by atoms with E-state index in [0.29, 0.717) is 0 Å². The SMILES string of the molecule is OC1OC1Cc1ccccc1. The Labute approximate surface area is 65.4 Å². The number of hydrogen-bond acceptors (Lipinski definition) is 2. The number of ether oxygens (including phenoxy) is 1. The smallest absolute Gasteiger partial charge is 0.182 e. The van der Waals surface area contributed by atoms with Crippen molar-refractivity contribution in [2.75, 3.05) is 0 Å². The Balaban J connectivity index is 1.97. The second kappa shape index (κ2) is 2.64. The van der Waals surface area contributed by atoms with Crippen LogP contribution in [-0.2, 0) is 11.2 Å². The van der Waals surface area contributed by atoms with Crippen molar-refractivity contribution >= 4 is 0 Å². The van der Waals surface area contributed by atoms with Crippen LogP contribution in [0.1, 0.15) is 5.56 Å². The van der Waals surface area contributed by atoms with Gasteiger partial charge in [-0.2, -0.15) is 0 Å². The summed E-state index contributed by atoms with van der Waals surface area (Å²) >= 11 is 0. The minimum atomic E-state index is -0.518. The molecule has 2 atom stereocenters. The van der Waals surface area contributed by atoms with E-state index in [2.05, 4.69) is 0 Å². The molecule has 0 spiro atoms. The summed E-state index contributed by atoms with van der Waals surface area (Å²) in [4.78, 5) is 0. The van der Waals surface area contributed by atoms with Crippen molar-refractivity contribution < 1.29 is 9.84 Å². The minimum absolute atomic E-state index is 0.0393. The van der Waals surface area contributed by atoms with Crippen molar-refractivity contribution in [2.45, 2.75) is 18.8 Å². The molecule has 2 rings (SSSR count). The first-order valence-electron chi connectivity index (χ1n) is 3.74. The molecule has 1 aliphatic heterocycles. The summed E-state index contributed by atoms with van der Waals surface area (Å²) in [6, 6.07) is 10.0. The van der Waals surface area contributed by atoms with Gasteiger partial charge in [0.25, 0.3) is 0 Å². The maximum Gasteiger partial charge on any atom is 0.182 e. The molecular weight excluding hydrogens is 140 g/mol. The van der Waals surface area contributed by atoms with E-state index in [1.165, 1.54) is 5.56 Å². The summed E-state index contributed by atoms with van der Waals surface area (Å²) in [5.41, 5.74) is 1.22. The van der Waals surface area contributed by atoms with Gasteiger partial charge in [-0.15, -0.1) is 0 Å². The Morgan fingerprint density at radius 2 is 1.91 bits per heavy atom. The fraction of sp³-hybridized carbons (Fsp3) is 0.333. The lowest BCUT2D eigenvalue weighted by molar-refractivity contribution is 0.156. The topological polar surface area (TPSA) is 32.8 Å². The molecule has 2 unspecified atom stereocenters. The minimum Gasteiger partial charge on any atom is -0.366 e. The van der Waals surface area contributed by atoms with Gasteiger partial charge in [0.05, 0.1) is 0 Å². The van der Waals surface area contributed by atoms with Gasteiger partial charge in [-0.1, -0.05) is 30.3 Å². The number of aliphatic hydroxyl groups excluding tert-OH is 1. The molecule has 1 aliphatic rings. The van der Waals surface area contributed by atoms with Crippen LogP contribution in [0.4, 0.5) is 0 Å². The van der Waals surface area contributed by atoms with Crippen LogP contribution in [0.15, 0.2) is 30.3 Å². The Bertz CT molecular complexity index is 233. The van der Waals surface area contributed by atoms with E-state index in [-0.39, 0.29) is 6.10 Å². The van der Waals surface area contributed by atoms with Gasteiger partial charge in [0, 0.05) is 6.42 Å². The van der Waals surface area contributed by atoms with Gasteiger partial charge in [0.1, 0.15) is 6.10 Å².